The van der Waals surface area contributed by atoms with E-state index in [1.807, 2.05) is 13.8 Å². The van der Waals surface area contributed by atoms with Crippen molar-refractivity contribution in [3.63, 3.8) is 0 Å². The molecular formula is C15H18N2O4. The van der Waals surface area contributed by atoms with Gasteiger partial charge in [0, 0.05) is 5.56 Å². The molecule has 0 saturated carbocycles. The Labute approximate surface area is 122 Å². The van der Waals surface area contributed by atoms with E-state index >= 15 is 0 Å². The zero-order valence-electron chi connectivity index (χ0n) is 12.4. The lowest BCUT2D eigenvalue weighted by Gasteiger charge is -2.22. The summed E-state index contributed by atoms with van der Waals surface area (Å²) in [6, 6.07) is 4.87. The number of rotatable bonds is 3. The summed E-state index contributed by atoms with van der Waals surface area (Å²) in [6.45, 7) is 6.94. The van der Waals surface area contributed by atoms with E-state index in [4.69, 9.17) is 0 Å². The number of aliphatic imine (C=N–C) groups is 1. The summed E-state index contributed by atoms with van der Waals surface area (Å²) in [7, 11) is 0. The highest BCUT2D eigenvalue weighted by atomic mass is 16.5. The first kappa shape index (κ1) is 15.2. The van der Waals surface area contributed by atoms with Gasteiger partial charge >= 0.3 is 5.97 Å². The van der Waals surface area contributed by atoms with Crippen LogP contribution in [0.4, 0.5) is 0 Å². The SMILES string of the molecule is Cc1cccc(C2=NC(C)(C(C)C)C(=O)N2O)c1C(=O)O. The minimum atomic E-state index is -1.12. The van der Waals surface area contributed by atoms with Crippen molar-refractivity contribution in [1.29, 1.82) is 0 Å². The average molecular weight is 290 g/mol. The summed E-state index contributed by atoms with van der Waals surface area (Å²) in [4.78, 5) is 28.0. The summed E-state index contributed by atoms with van der Waals surface area (Å²) < 4.78 is 0. The van der Waals surface area contributed by atoms with Crippen LogP contribution < -0.4 is 0 Å². The van der Waals surface area contributed by atoms with Crippen molar-refractivity contribution >= 4 is 17.7 Å². The van der Waals surface area contributed by atoms with Crippen LogP contribution in [0.2, 0.25) is 0 Å². The fourth-order valence-electron chi connectivity index (χ4n) is 2.31. The number of benzene rings is 1. The summed E-state index contributed by atoms with van der Waals surface area (Å²) in [5, 5.41) is 19.9. The monoisotopic (exact) mass is 290 g/mol. The van der Waals surface area contributed by atoms with Gasteiger partial charge in [0.15, 0.2) is 5.84 Å². The number of hydrogen-bond donors (Lipinski definition) is 2. The van der Waals surface area contributed by atoms with Gasteiger partial charge in [0.25, 0.3) is 5.91 Å². The van der Waals surface area contributed by atoms with E-state index in [0.29, 0.717) is 10.6 Å². The lowest BCUT2D eigenvalue weighted by atomic mass is 9.89. The van der Waals surface area contributed by atoms with Crippen molar-refractivity contribution < 1.29 is 19.9 Å². The minimum absolute atomic E-state index is 0.0164. The van der Waals surface area contributed by atoms with Gasteiger partial charge in [0.2, 0.25) is 0 Å². The Balaban J connectivity index is 2.66. The van der Waals surface area contributed by atoms with Crippen LogP contribution in [-0.4, -0.2) is 38.6 Å². The Morgan fingerprint density at radius 3 is 2.48 bits per heavy atom. The van der Waals surface area contributed by atoms with Crippen molar-refractivity contribution in [1.82, 2.24) is 5.06 Å². The van der Waals surface area contributed by atoms with E-state index in [1.165, 1.54) is 6.07 Å². The number of aryl methyl sites for hydroxylation is 1. The molecule has 6 nitrogen and oxygen atoms in total. The maximum Gasteiger partial charge on any atom is 0.336 e. The van der Waals surface area contributed by atoms with E-state index in [2.05, 4.69) is 4.99 Å². The number of carboxylic acid groups (broad SMARTS) is 1. The summed E-state index contributed by atoms with van der Waals surface area (Å²) in [5.41, 5.74) is -0.274. The van der Waals surface area contributed by atoms with Crippen molar-refractivity contribution in [2.75, 3.05) is 0 Å². The second-order valence-electron chi connectivity index (χ2n) is 5.66. The van der Waals surface area contributed by atoms with Gasteiger partial charge in [-0.05, 0) is 25.3 Å². The molecule has 0 spiro atoms. The Morgan fingerprint density at radius 1 is 1.38 bits per heavy atom. The third-order valence-electron chi connectivity index (χ3n) is 4.02. The van der Waals surface area contributed by atoms with E-state index in [-0.39, 0.29) is 22.9 Å². The number of aromatic carboxylic acids is 1. The van der Waals surface area contributed by atoms with Gasteiger partial charge < -0.3 is 5.11 Å². The maximum atomic E-state index is 12.2. The number of hydrogen-bond acceptors (Lipinski definition) is 4. The van der Waals surface area contributed by atoms with Gasteiger partial charge in [-0.2, -0.15) is 5.06 Å². The molecule has 1 aliphatic rings. The van der Waals surface area contributed by atoms with Crippen molar-refractivity contribution in [3.05, 3.63) is 34.9 Å². The predicted molar refractivity (Wildman–Crippen MR) is 76.6 cm³/mol. The highest BCUT2D eigenvalue weighted by Crippen LogP contribution is 2.32. The quantitative estimate of drug-likeness (QED) is 0.834. The topological polar surface area (TPSA) is 90.2 Å². The van der Waals surface area contributed by atoms with Crippen molar-refractivity contribution in [3.8, 4) is 0 Å². The molecule has 2 rings (SSSR count). The molecule has 1 atom stereocenters. The molecule has 2 N–H and O–H groups in total. The molecule has 1 aliphatic heterocycles. The molecule has 0 fully saturated rings. The molecular weight excluding hydrogens is 272 g/mol. The molecule has 0 bridgehead atoms. The molecule has 0 radical (unpaired) electrons. The number of carbonyl (C=O) groups is 2. The van der Waals surface area contributed by atoms with Crippen LogP contribution in [-0.2, 0) is 4.79 Å². The Hall–Kier alpha value is -2.21. The molecule has 0 aliphatic carbocycles. The number of amides is 1. The Morgan fingerprint density at radius 2 is 2.00 bits per heavy atom. The molecule has 0 saturated heterocycles. The van der Waals surface area contributed by atoms with Crippen LogP contribution >= 0.6 is 0 Å². The van der Waals surface area contributed by atoms with Gasteiger partial charge in [-0.25, -0.2) is 9.79 Å². The van der Waals surface area contributed by atoms with Gasteiger partial charge in [-0.15, -0.1) is 0 Å². The molecule has 6 heteroatoms. The molecule has 21 heavy (non-hydrogen) atoms. The van der Waals surface area contributed by atoms with E-state index in [1.54, 1.807) is 26.0 Å². The van der Waals surface area contributed by atoms with Crippen LogP contribution in [0.25, 0.3) is 0 Å². The predicted octanol–water partition coefficient (Wildman–Crippen LogP) is 2.09. The summed E-state index contributed by atoms with van der Waals surface area (Å²) in [6.07, 6.45) is 0. The standard InChI is InChI=1S/C15H18N2O4/c1-8(2)15(4)14(20)17(21)12(16-15)10-7-5-6-9(3)11(10)13(18)19/h5-8,21H,1-4H3,(H,18,19). The molecule has 1 unspecified atom stereocenters. The first-order chi connectivity index (χ1) is 9.70. The number of nitrogens with zero attached hydrogens (tertiary/aromatic N) is 2. The normalized spacial score (nSPS) is 21.9. The van der Waals surface area contributed by atoms with Crippen LogP contribution in [0.5, 0.6) is 0 Å². The first-order valence-corrected chi connectivity index (χ1v) is 6.66. The highest BCUT2D eigenvalue weighted by molar-refractivity contribution is 6.17. The van der Waals surface area contributed by atoms with Gasteiger partial charge in [-0.3, -0.25) is 10.0 Å². The van der Waals surface area contributed by atoms with Crippen LogP contribution in [0, 0.1) is 12.8 Å². The first-order valence-electron chi connectivity index (χ1n) is 6.66. The van der Waals surface area contributed by atoms with Crippen LogP contribution in [0.15, 0.2) is 23.2 Å². The summed E-state index contributed by atoms with van der Waals surface area (Å²) >= 11 is 0. The fraction of sp³-hybridized carbons (Fsp3) is 0.400. The maximum absolute atomic E-state index is 12.2. The summed E-state index contributed by atoms with van der Waals surface area (Å²) in [5.74, 6) is -1.82. The third kappa shape index (κ3) is 2.21. The minimum Gasteiger partial charge on any atom is -0.478 e. The fourth-order valence-corrected chi connectivity index (χ4v) is 2.31. The largest absolute Gasteiger partial charge is 0.478 e. The smallest absolute Gasteiger partial charge is 0.336 e. The second kappa shape index (κ2) is 4.96. The van der Waals surface area contributed by atoms with Crippen molar-refractivity contribution in [2.24, 2.45) is 10.9 Å². The average Bonchev–Trinajstić information content (AvgIpc) is 2.64. The zero-order valence-corrected chi connectivity index (χ0v) is 12.4. The number of amidine groups is 1. The number of carboxylic acids is 1. The number of hydroxylamine groups is 2. The number of carbonyl (C=O) groups excluding carboxylic acids is 1. The van der Waals surface area contributed by atoms with Gasteiger partial charge in [0.1, 0.15) is 5.54 Å². The van der Waals surface area contributed by atoms with Gasteiger partial charge in [-0.1, -0.05) is 32.0 Å². The van der Waals surface area contributed by atoms with E-state index < -0.39 is 17.4 Å². The Bertz CT molecular complexity index is 651. The zero-order chi connectivity index (χ0) is 15.9. The molecule has 1 heterocycles. The lowest BCUT2D eigenvalue weighted by Crippen LogP contribution is -2.42. The van der Waals surface area contributed by atoms with E-state index in [9.17, 15) is 19.9 Å². The van der Waals surface area contributed by atoms with Crippen LogP contribution in [0.1, 0.15) is 42.3 Å². The lowest BCUT2D eigenvalue weighted by molar-refractivity contribution is -0.152. The molecule has 0 aromatic heterocycles. The van der Waals surface area contributed by atoms with Crippen molar-refractivity contribution in [2.45, 2.75) is 33.2 Å². The molecule has 1 amide bonds. The molecule has 112 valence electrons. The van der Waals surface area contributed by atoms with Crippen LogP contribution in [0.3, 0.4) is 0 Å². The molecule has 1 aromatic carbocycles. The molecule has 1 aromatic rings. The van der Waals surface area contributed by atoms with Gasteiger partial charge in [0.05, 0.1) is 5.56 Å². The third-order valence-corrected chi connectivity index (χ3v) is 4.02. The second-order valence-corrected chi connectivity index (χ2v) is 5.66. The Kier molecular flexibility index (Phi) is 3.59. The van der Waals surface area contributed by atoms with E-state index in [0.717, 1.165) is 0 Å². The highest BCUT2D eigenvalue weighted by Gasteiger charge is 2.47.